The van der Waals surface area contributed by atoms with Crippen molar-refractivity contribution >= 4 is 39.9 Å². The zero-order valence-electron chi connectivity index (χ0n) is 17.4. The fraction of sp³-hybridized carbons (Fsp3) is 0.182. The normalized spacial score (nSPS) is 10.3. The van der Waals surface area contributed by atoms with Crippen LogP contribution in [0.1, 0.15) is 23.0 Å². The first-order chi connectivity index (χ1) is 15.4. The molecule has 0 aliphatic heterocycles. The lowest BCUT2D eigenvalue weighted by molar-refractivity contribution is -0.120. The number of aromatic nitrogens is 1. The highest BCUT2D eigenvalue weighted by Gasteiger charge is 2.22. The summed E-state index contributed by atoms with van der Waals surface area (Å²) in [5.41, 5.74) is 6.27. The maximum atomic E-state index is 12.5. The van der Waals surface area contributed by atoms with E-state index in [0.717, 1.165) is 0 Å². The maximum absolute atomic E-state index is 12.5. The molecule has 0 saturated heterocycles. The molecule has 0 bridgehead atoms. The van der Waals surface area contributed by atoms with Crippen molar-refractivity contribution in [2.24, 2.45) is 5.73 Å². The number of hydrogen-bond donors (Lipinski definition) is 1. The average Bonchev–Trinajstić information content (AvgIpc) is 3.24. The van der Waals surface area contributed by atoms with Gasteiger partial charge in [-0.3, -0.25) is 14.5 Å². The molecule has 0 unspecified atom stereocenters. The number of anilines is 2. The van der Waals surface area contributed by atoms with Gasteiger partial charge < -0.3 is 19.9 Å². The van der Waals surface area contributed by atoms with Gasteiger partial charge in [0.15, 0.2) is 11.7 Å². The van der Waals surface area contributed by atoms with Crippen molar-refractivity contribution in [2.75, 3.05) is 18.6 Å². The Morgan fingerprint density at radius 3 is 2.44 bits per heavy atom. The van der Waals surface area contributed by atoms with E-state index in [4.69, 9.17) is 19.9 Å². The number of esters is 1. The van der Waals surface area contributed by atoms with Gasteiger partial charge in [-0.25, -0.2) is 9.78 Å². The maximum Gasteiger partial charge on any atom is 0.342 e. The first-order valence-corrected chi connectivity index (χ1v) is 10.3. The monoisotopic (exact) mass is 455 g/mol. The molecule has 0 saturated carbocycles. The number of nitrogens with zero attached hydrogens (tertiary/aromatic N) is 2. The molecule has 166 valence electrons. The van der Waals surface area contributed by atoms with Crippen LogP contribution in [0, 0.1) is 0 Å². The molecule has 0 fully saturated rings. The number of amides is 2. The van der Waals surface area contributed by atoms with Gasteiger partial charge in [-0.15, -0.1) is 11.3 Å². The molecule has 0 radical (unpaired) electrons. The second-order valence-corrected chi connectivity index (χ2v) is 7.31. The summed E-state index contributed by atoms with van der Waals surface area (Å²) in [7, 11) is 1.52. The van der Waals surface area contributed by atoms with E-state index in [-0.39, 0.29) is 30.4 Å². The van der Waals surface area contributed by atoms with E-state index in [1.165, 1.54) is 36.3 Å². The largest absolute Gasteiger partial charge is 0.495 e. The Hall–Kier alpha value is -3.92. The molecule has 32 heavy (non-hydrogen) atoms. The lowest BCUT2D eigenvalue weighted by Crippen LogP contribution is -2.23. The van der Waals surface area contributed by atoms with Crippen LogP contribution in [0.3, 0.4) is 0 Å². The highest BCUT2D eigenvalue weighted by Crippen LogP contribution is 2.35. The fourth-order valence-corrected chi connectivity index (χ4v) is 3.68. The molecule has 1 aromatic heterocycles. The summed E-state index contributed by atoms with van der Waals surface area (Å²) < 4.78 is 16.0. The highest BCUT2D eigenvalue weighted by atomic mass is 32.1. The van der Waals surface area contributed by atoms with Crippen LogP contribution in [-0.2, 0) is 20.9 Å². The molecule has 2 amide bonds. The van der Waals surface area contributed by atoms with Crippen LogP contribution in [-0.4, -0.2) is 36.5 Å². The topological polar surface area (TPSA) is 121 Å². The summed E-state index contributed by atoms with van der Waals surface area (Å²) in [5, 5.41) is 2.11. The smallest absolute Gasteiger partial charge is 0.342 e. The number of carbonyl (C=O) groups excluding carboxylic acids is 3. The van der Waals surface area contributed by atoms with Crippen molar-refractivity contribution in [3.63, 3.8) is 0 Å². The second kappa shape index (κ2) is 10.4. The van der Waals surface area contributed by atoms with E-state index in [1.54, 1.807) is 47.8 Å². The van der Waals surface area contributed by atoms with Crippen molar-refractivity contribution in [3.8, 4) is 11.5 Å². The number of rotatable bonds is 9. The van der Waals surface area contributed by atoms with Gasteiger partial charge in [-0.05, 0) is 24.3 Å². The van der Waals surface area contributed by atoms with Gasteiger partial charge in [-0.2, -0.15) is 0 Å². The molecule has 3 rings (SSSR count). The number of thiazole rings is 1. The number of hydrogen-bond acceptors (Lipinski definition) is 8. The first kappa shape index (κ1) is 22.8. The molecule has 0 aliphatic carbocycles. The van der Waals surface area contributed by atoms with Crippen molar-refractivity contribution in [1.82, 2.24) is 4.98 Å². The van der Waals surface area contributed by atoms with E-state index in [2.05, 4.69) is 4.98 Å². The summed E-state index contributed by atoms with van der Waals surface area (Å²) >= 11 is 1.23. The fourth-order valence-electron chi connectivity index (χ4n) is 2.81. The molecule has 0 aliphatic rings. The van der Waals surface area contributed by atoms with E-state index in [1.807, 2.05) is 0 Å². The van der Waals surface area contributed by atoms with Crippen molar-refractivity contribution < 1.29 is 28.6 Å². The third kappa shape index (κ3) is 5.41. The van der Waals surface area contributed by atoms with E-state index < -0.39 is 11.9 Å². The third-order valence-electron chi connectivity index (χ3n) is 4.20. The van der Waals surface area contributed by atoms with Crippen LogP contribution in [0.5, 0.6) is 11.5 Å². The average molecular weight is 455 g/mol. The van der Waals surface area contributed by atoms with Crippen molar-refractivity contribution in [3.05, 3.63) is 65.2 Å². The number of para-hydroxylation sites is 3. The van der Waals surface area contributed by atoms with Crippen LogP contribution in [0.15, 0.2) is 53.9 Å². The number of ether oxygens (including phenoxy) is 3. The zero-order chi connectivity index (χ0) is 23.1. The minimum atomic E-state index is -0.659. The zero-order valence-corrected chi connectivity index (χ0v) is 18.3. The highest BCUT2D eigenvalue weighted by molar-refractivity contribution is 7.14. The number of carbonyl (C=O) groups is 3. The van der Waals surface area contributed by atoms with Crippen molar-refractivity contribution in [1.29, 1.82) is 0 Å². The van der Waals surface area contributed by atoms with Gasteiger partial charge in [0.25, 0.3) is 5.91 Å². The standard InChI is InChI=1S/C22H21N3O6S/c1-14(26)25(17-8-4-6-10-19(17)29-2)22-24-15(13-32-22)11-31-21(28)16-7-3-5-9-18(16)30-12-20(23)27/h3-10,13H,11-12H2,1-2H3,(H2,23,27). The van der Waals surface area contributed by atoms with Crippen LogP contribution in [0.4, 0.5) is 10.8 Å². The van der Waals surface area contributed by atoms with Crippen LogP contribution < -0.4 is 20.1 Å². The first-order valence-electron chi connectivity index (χ1n) is 9.46. The van der Waals surface area contributed by atoms with Gasteiger partial charge >= 0.3 is 5.97 Å². The summed E-state index contributed by atoms with van der Waals surface area (Å²) in [4.78, 5) is 41.7. The quantitative estimate of drug-likeness (QED) is 0.492. The Bertz CT molecular complexity index is 1130. The number of methoxy groups -OCH3 is 1. The predicted molar refractivity (Wildman–Crippen MR) is 118 cm³/mol. The molecule has 9 nitrogen and oxygen atoms in total. The molecular weight excluding hydrogens is 434 g/mol. The SMILES string of the molecule is COc1ccccc1N(C(C)=O)c1nc(COC(=O)c2ccccc2OCC(N)=O)cs1. The summed E-state index contributed by atoms with van der Waals surface area (Å²) in [5.74, 6) is -0.832. The Labute approximate surface area is 188 Å². The summed E-state index contributed by atoms with van der Waals surface area (Å²) in [6.07, 6.45) is 0. The van der Waals surface area contributed by atoms with E-state index >= 15 is 0 Å². The summed E-state index contributed by atoms with van der Waals surface area (Å²) in [6, 6.07) is 13.5. The van der Waals surface area contributed by atoms with Crippen LogP contribution in [0.2, 0.25) is 0 Å². The molecular formula is C22H21N3O6S. The molecule has 10 heteroatoms. The van der Waals surface area contributed by atoms with Crippen LogP contribution >= 0.6 is 11.3 Å². The third-order valence-corrected chi connectivity index (χ3v) is 5.07. The number of primary amides is 1. The minimum absolute atomic E-state index is 0.114. The second-order valence-electron chi connectivity index (χ2n) is 6.47. The molecule has 2 aromatic carbocycles. The Morgan fingerprint density at radius 1 is 1.06 bits per heavy atom. The molecule has 3 aromatic rings. The van der Waals surface area contributed by atoms with Gasteiger partial charge in [-0.1, -0.05) is 24.3 Å². The molecule has 2 N–H and O–H groups in total. The van der Waals surface area contributed by atoms with Crippen LogP contribution in [0.25, 0.3) is 0 Å². The van der Waals surface area contributed by atoms with Gasteiger partial charge in [0, 0.05) is 12.3 Å². The number of benzene rings is 2. The molecule has 1 heterocycles. The lowest BCUT2D eigenvalue weighted by Gasteiger charge is -2.20. The Morgan fingerprint density at radius 2 is 1.75 bits per heavy atom. The van der Waals surface area contributed by atoms with Gasteiger partial charge in [0.05, 0.1) is 18.5 Å². The summed E-state index contributed by atoms with van der Waals surface area (Å²) in [6.45, 7) is 0.956. The minimum Gasteiger partial charge on any atom is -0.495 e. The van der Waals surface area contributed by atoms with Gasteiger partial charge in [0.1, 0.15) is 23.7 Å². The molecule has 0 atom stereocenters. The van der Waals surface area contributed by atoms with E-state index in [0.29, 0.717) is 22.3 Å². The number of nitrogens with two attached hydrogens (primary N) is 1. The predicted octanol–water partition coefficient (Wildman–Crippen LogP) is 3.06. The van der Waals surface area contributed by atoms with Gasteiger partial charge in [0.2, 0.25) is 5.91 Å². The Balaban J connectivity index is 1.73. The van der Waals surface area contributed by atoms with Crippen molar-refractivity contribution in [2.45, 2.75) is 13.5 Å². The van der Waals surface area contributed by atoms with E-state index in [9.17, 15) is 14.4 Å². The Kier molecular flexibility index (Phi) is 7.40. The lowest BCUT2D eigenvalue weighted by atomic mass is 10.2. The molecule has 0 spiro atoms.